The molecule has 1 aromatic rings. The van der Waals surface area contributed by atoms with Gasteiger partial charge in [0.2, 0.25) is 5.91 Å². The van der Waals surface area contributed by atoms with E-state index in [-0.39, 0.29) is 36.7 Å². The Hall–Kier alpha value is -1.73. The Labute approximate surface area is 143 Å². The number of hydrogen-bond acceptors (Lipinski definition) is 4. The Balaban J connectivity index is 1.82. The van der Waals surface area contributed by atoms with Crippen LogP contribution in [0.15, 0.2) is 22.7 Å². The summed E-state index contributed by atoms with van der Waals surface area (Å²) in [6.07, 6.45) is 1.44. The van der Waals surface area contributed by atoms with Crippen LogP contribution in [0.5, 0.6) is 0 Å². The van der Waals surface area contributed by atoms with Crippen molar-refractivity contribution in [2.45, 2.75) is 32.2 Å². The molecule has 7 heteroatoms. The van der Waals surface area contributed by atoms with E-state index in [0.29, 0.717) is 24.1 Å². The maximum Gasteiger partial charge on any atom is 0.261 e. The van der Waals surface area contributed by atoms with E-state index in [9.17, 15) is 14.4 Å². The maximum absolute atomic E-state index is 12.3. The lowest BCUT2D eigenvalue weighted by molar-refractivity contribution is -0.121. The van der Waals surface area contributed by atoms with E-state index in [1.165, 1.54) is 4.90 Å². The highest BCUT2D eigenvalue weighted by atomic mass is 79.9. The smallest absolute Gasteiger partial charge is 0.261 e. The molecule has 6 nitrogen and oxygen atoms in total. The van der Waals surface area contributed by atoms with Crippen LogP contribution in [0.4, 0.5) is 0 Å². The van der Waals surface area contributed by atoms with Crippen LogP contribution in [0, 0.1) is 0 Å². The Bertz CT molecular complexity index is 631. The van der Waals surface area contributed by atoms with Crippen molar-refractivity contribution in [2.75, 3.05) is 13.1 Å². The number of nitrogens with zero attached hydrogens (tertiary/aromatic N) is 1. The molecule has 0 fully saturated rings. The first-order valence-corrected chi connectivity index (χ1v) is 8.37. The van der Waals surface area contributed by atoms with Crippen molar-refractivity contribution >= 4 is 33.7 Å². The second kappa shape index (κ2) is 7.70. The van der Waals surface area contributed by atoms with Crippen LogP contribution in [0.1, 0.15) is 46.9 Å². The summed E-state index contributed by atoms with van der Waals surface area (Å²) in [4.78, 5) is 37.3. The molecule has 1 heterocycles. The molecule has 124 valence electrons. The van der Waals surface area contributed by atoms with Gasteiger partial charge < -0.3 is 11.1 Å². The summed E-state index contributed by atoms with van der Waals surface area (Å²) in [5, 5.41) is 2.77. The molecule has 1 aliphatic heterocycles. The van der Waals surface area contributed by atoms with Gasteiger partial charge in [-0.15, -0.1) is 0 Å². The van der Waals surface area contributed by atoms with Gasteiger partial charge in [-0.3, -0.25) is 19.3 Å². The lowest BCUT2D eigenvalue weighted by Crippen LogP contribution is -2.32. The van der Waals surface area contributed by atoms with Gasteiger partial charge in [-0.1, -0.05) is 15.9 Å². The van der Waals surface area contributed by atoms with Gasteiger partial charge in [0.15, 0.2) is 0 Å². The molecule has 1 aliphatic rings. The Morgan fingerprint density at radius 1 is 1.30 bits per heavy atom. The minimum Gasteiger partial charge on any atom is -0.356 e. The minimum atomic E-state index is -0.302. The first-order valence-electron chi connectivity index (χ1n) is 7.58. The van der Waals surface area contributed by atoms with Gasteiger partial charge in [-0.25, -0.2) is 0 Å². The Morgan fingerprint density at radius 2 is 2.00 bits per heavy atom. The topological polar surface area (TPSA) is 92.5 Å². The normalized spacial score (nSPS) is 14.8. The van der Waals surface area contributed by atoms with Crippen molar-refractivity contribution in [3.8, 4) is 0 Å². The predicted octanol–water partition coefficient (Wildman–Crippen LogP) is 1.68. The number of carbonyl (C=O) groups is 3. The van der Waals surface area contributed by atoms with Gasteiger partial charge in [0.05, 0.1) is 11.1 Å². The van der Waals surface area contributed by atoms with Gasteiger partial charge in [-0.2, -0.15) is 0 Å². The van der Waals surface area contributed by atoms with Crippen molar-refractivity contribution in [2.24, 2.45) is 5.73 Å². The molecular formula is C16H20BrN3O3. The number of imide groups is 1. The summed E-state index contributed by atoms with van der Waals surface area (Å²) < 4.78 is 0.757. The fraction of sp³-hybridized carbons (Fsp3) is 0.438. The third-order valence-corrected chi connectivity index (χ3v) is 4.13. The van der Waals surface area contributed by atoms with Crippen LogP contribution in [-0.4, -0.2) is 41.8 Å². The summed E-state index contributed by atoms with van der Waals surface area (Å²) in [5.41, 5.74) is 6.43. The molecule has 2 rings (SSSR count). The zero-order valence-electron chi connectivity index (χ0n) is 13.0. The zero-order valence-corrected chi connectivity index (χ0v) is 14.6. The molecule has 0 saturated heterocycles. The van der Waals surface area contributed by atoms with Crippen LogP contribution in [0.25, 0.3) is 0 Å². The fourth-order valence-electron chi connectivity index (χ4n) is 2.39. The van der Waals surface area contributed by atoms with E-state index >= 15 is 0 Å². The second-order valence-electron chi connectivity index (χ2n) is 5.67. The molecule has 23 heavy (non-hydrogen) atoms. The summed E-state index contributed by atoms with van der Waals surface area (Å²) >= 11 is 3.29. The molecule has 3 N–H and O–H groups in total. The number of hydrogen-bond donors (Lipinski definition) is 2. The number of rotatable bonds is 7. The Kier molecular flexibility index (Phi) is 5.90. The quantitative estimate of drug-likeness (QED) is 0.702. The number of benzene rings is 1. The molecule has 3 amide bonds. The number of carbonyl (C=O) groups excluding carboxylic acids is 3. The van der Waals surface area contributed by atoms with Gasteiger partial charge >= 0.3 is 0 Å². The van der Waals surface area contributed by atoms with E-state index in [1.807, 2.05) is 6.92 Å². The maximum atomic E-state index is 12.3. The van der Waals surface area contributed by atoms with Gasteiger partial charge in [0.25, 0.3) is 11.8 Å². The van der Waals surface area contributed by atoms with Crippen LogP contribution in [-0.2, 0) is 4.79 Å². The lowest BCUT2D eigenvalue weighted by atomic mass is 10.1. The van der Waals surface area contributed by atoms with Crippen LogP contribution >= 0.6 is 15.9 Å². The van der Waals surface area contributed by atoms with Crippen LogP contribution in [0.3, 0.4) is 0 Å². The molecule has 1 aromatic carbocycles. The van der Waals surface area contributed by atoms with Crippen LogP contribution < -0.4 is 11.1 Å². The number of halogens is 1. The van der Waals surface area contributed by atoms with E-state index in [1.54, 1.807) is 18.2 Å². The molecule has 1 atom stereocenters. The standard InChI is InChI=1S/C16H20BrN3O3/c1-10(18)6-7-19-14(21)3-2-8-20-15(22)12-5-4-11(17)9-13(12)16(20)23/h4-5,9-10H,2-3,6-8,18H2,1H3,(H,19,21). The number of fused-ring (bicyclic) bond motifs is 1. The Morgan fingerprint density at radius 3 is 2.70 bits per heavy atom. The van der Waals surface area contributed by atoms with Crippen LogP contribution in [0.2, 0.25) is 0 Å². The molecule has 0 aromatic heterocycles. The molecular weight excluding hydrogens is 362 g/mol. The summed E-state index contributed by atoms with van der Waals surface area (Å²) in [7, 11) is 0. The van der Waals surface area contributed by atoms with Crippen molar-refractivity contribution in [3.05, 3.63) is 33.8 Å². The highest BCUT2D eigenvalue weighted by Gasteiger charge is 2.35. The van der Waals surface area contributed by atoms with E-state index in [4.69, 9.17) is 5.73 Å². The molecule has 0 spiro atoms. The first-order chi connectivity index (χ1) is 10.9. The SMILES string of the molecule is CC(N)CCNC(=O)CCCN1C(=O)c2ccc(Br)cc2C1=O. The third-order valence-electron chi connectivity index (χ3n) is 3.64. The average Bonchev–Trinajstić information content (AvgIpc) is 2.71. The van der Waals surface area contributed by atoms with Crippen molar-refractivity contribution in [1.82, 2.24) is 10.2 Å². The van der Waals surface area contributed by atoms with E-state index in [2.05, 4.69) is 21.2 Å². The van der Waals surface area contributed by atoms with Gasteiger partial charge in [0, 0.05) is 30.0 Å². The largest absolute Gasteiger partial charge is 0.356 e. The molecule has 0 saturated carbocycles. The molecule has 0 aliphatic carbocycles. The van der Waals surface area contributed by atoms with E-state index in [0.717, 1.165) is 10.9 Å². The number of nitrogens with two attached hydrogens (primary N) is 1. The van der Waals surface area contributed by atoms with Gasteiger partial charge in [0.1, 0.15) is 0 Å². The zero-order chi connectivity index (χ0) is 17.0. The molecule has 0 bridgehead atoms. The summed E-state index contributed by atoms with van der Waals surface area (Å²) in [6, 6.07) is 5.07. The lowest BCUT2D eigenvalue weighted by Gasteiger charge is -2.13. The van der Waals surface area contributed by atoms with E-state index < -0.39 is 0 Å². The highest BCUT2D eigenvalue weighted by Crippen LogP contribution is 2.26. The molecule has 1 unspecified atom stereocenters. The summed E-state index contributed by atoms with van der Waals surface area (Å²) in [5.74, 6) is -0.691. The minimum absolute atomic E-state index is 0.0490. The average molecular weight is 382 g/mol. The second-order valence-corrected chi connectivity index (χ2v) is 6.59. The number of amides is 3. The predicted molar refractivity (Wildman–Crippen MR) is 90.0 cm³/mol. The highest BCUT2D eigenvalue weighted by molar-refractivity contribution is 9.10. The monoisotopic (exact) mass is 381 g/mol. The first kappa shape index (κ1) is 17.6. The molecule has 0 radical (unpaired) electrons. The van der Waals surface area contributed by atoms with Gasteiger partial charge in [-0.05, 0) is 38.0 Å². The fourth-order valence-corrected chi connectivity index (χ4v) is 2.75. The summed E-state index contributed by atoms with van der Waals surface area (Å²) in [6.45, 7) is 2.66. The third kappa shape index (κ3) is 4.39. The number of nitrogens with one attached hydrogen (secondary N) is 1. The van der Waals surface area contributed by atoms with Crippen molar-refractivity contribution < 1.29 is 14.4 Å². The van der Waals surface area contributed by atoms with Crippen molar-refractivity contribution in [3.63, 3.8) is 0 Å². The van der Waals surface area contributed by atoms with Crippen molar-refractivity contribution in [1.29, 1.82) is 0 Å².